The zero-order valence-corrected chi connectivity index (χ0v) is 17.2. The number of aryl methyl sites for hydroxylation is 1. The van der Waals surface area contributed by atoms with Gasteiger partial charge in [-0.25, -0.2) is 0 Å². The monoisotopic (exact) mass is 388 g/mol. The van der Waals surface area contributed by atoms with E-state index in [1.54, 1.807) is 0 Å². The summed E-state index contributed by atoms with van der Waals surface area (Å²) in [7, 11) is 0. The van der Waals surface area contributed by atoms with Crippen LogP contribution in [0.25, 0.3) is 22.4 Å². The molecule has 2 saturated heterocycles. The maximum atomic E-state index is 5.62. The molecule has 0 aliphatic carbocycles. The smallest absolute Gasteiger partial charge is 0.100 e. The van der Waals surface area contributed by atoms with E-state index < -0.39 is 0 Å². The lowest BCUT2D eigenvalue weighted by atomic mass is 9.78. The first kappa shape index (κ1) is 18.4. The highest BCUT2D eigenvalue weighted by molar-refractivity contribution is 5.83. The molecule has 0 saturated carbocycles. The summed E-state index contributed by atoms with van der Waals surface area (Å²) in [5.74, 6) is 0. The van der Waals surface area contributed by atoms with Gasteiger partial charge in [0.05, 0.1) is 0 Å². The molecule has 0 bridgehead atoms. The third-order valence-electron chi connectivity index (χ3n) is 6.71. The molecule has 150 valence electrons. The highest BCUT2D eigenvalue weighted by Gasteiger charge is 2.43. The summed E-state index contributed by atoms with van der Waals surface area (Å²) < 4.78 is 5.62. The van der Waals surface area contributed by atoms with E-state index >= 15 is 0 Å². The number of pyridine rings is 1. The maximum Gasteiger partial charge on any atom is 0.100 e. The number of rotatable bonds is 3. The van der Waals surface area contributed by atoms with E-state index in [0.29, 0.717) is 11.5 Å². The van der Waals surface area contributed by atoms with E-state index in [4.69, 9.17) is 4.74 Å². The first-order valence-electron chi connectivity index (χ1n) is 10.6. The lowest BCUT2D eigenvalue weighted by molar-refractivity contribution is 0.0242. The van der Waals surface area contributed by atoms with Gasteiger partial charge in [-0.1, -0.05) is 12.1 Å². The molecule has 1 N–H and O–H groups in total. The van der Waals surface area contributed by atoms with Gasteiger partial charge in [0.15, 0.2) is 0 Å². The second-order valence-corrected chi connectivity index (χ2v) is 8.65. The number of H-pyrrole nitrogens is 1. The molecule has 5 rings (SSSR count). The minimum Gasteiger partial charge on any atom is -0.381 e. The molecule has 29 heavy (non-hydrogen) atoms. The maximum absolute atomic E-state index is 5.62. The topological polar surface area (TPSA) is 54.0 Å². The average molecular weight is 389 g/mol. The standard InChI is InChI=1S/C24H28N4O/c1-17-15-24(9-13-29-14-10-24)16-28(17)21-5-3-19(4-6-21)22-18(2)26-27-23(22)20-7-11-25-12-8-20/h3-8,11-12,17H,9-10,13-16H2,1-2H3,(H,26,27). The van der Waals surface area contributed by atoms with Crippen LogP contribution >= 0.6 is 0 Å². The fourth-order valence-corrected chi connectivity index (χ4v) is 5.15. The van der Waals surface area contributed by atoms with Crippen LogP contribution in [0.3, 0.4) is 0 Å². The average Bonchev–Trinajstić information content (AvgIpc) is 3.29. The second-order valence-electron chi connectivity index (χ2n) is 8.65. The SMILES string of the molecule is Cc1[nH]nc(-c2ccncc2)c1-c1ccc(N2CC3(CCOCC3)CC2C)cc1. The Bertz CT molecular complexity index is 974. The van der Waals surface area contributed by atoms with Gasteiger partial charge in [0.25, 0.3) is 0 Å². The minimum absolute atomic E-state index is 0.437. The van der Waals surface area contributed by atoms with Crippen LogP contribution in [-0.2, 0) is 4.74 Å². The van der Waals surface area contributed by atoms with Gasteiger partial charge in [0, 0.05) is 60.7 Å². The highest BCUT2D eigenvalue weighted by atomic mass is 16.5. The molecular weight excluding hydrogens is 360 g/mol. The highest BCUT2D eigenvalue weighted by Crippen LogP contribution is 2.44. The van der Waals surface area contributed by atoms with E-state index in [9.17, 15) is 0 Å². The molecule has 3 aromatic rings. The van der Waals surface area contributed by atoms with Crippen LogP contribution < -0.4 is 4.90 Å². The van der Waals surface area contributed by atoms with Crippen molar-refractivity contribution in [2.24, 2.45) is 5.41 Å². The van der Waals surface area contributed by atoms with Gasteiger partial charge >= 0.3 is 0 Å². The normalized spacial score (nSPS) is 21.0. The number of aromatic amines is 1. The molecule has 1 atom stereocenters. The van der Waals surface area contributed by atoms with E-state index in [-0.39, 0.29) is 0 Å². The predicted molar refractivity (Wildman–Crippen MR) is 116 cm³/mol. The molecule has 1 unspecified atom stereocenters. The van der Waals surface area contributed by atoms with E-state index in [1.165, 1.54) is 30.5 Å². The van der Waals surface area contributed by atoms with Gasteiger partial charge in [-0.15, -0.1) is 0 Å². The van der Waals surface area contributed by atoms with Gasteiger partial charge in [-0.05, 0) is 68.4 Å². The number of hydrogen-bond acceptors (Lipinski definition) is 4. The fourth-order valence-electron chi connectivity index (χ4n) is 5.15. The van der Waals surface area contributed by atoms with Crippen molar-refractivity contribution in [1.82, 2.24) is 15.2 Å². The largest absolute Gasteiger partial charge is 0.381 e. The van der Waals surface area contributed by atoms with Crippen molar-refractivity contribution in [2.45, 2.75) is 39.2 Å². The summed E-state index contributed by atoms with van der Waals surface area (Å²) in [6.45, 7) is 7.41. The van der Waals surface area contributed by atoms with Crippen molar-refractivity contribution in [3.05, 3.63) is 54.5 Å². The Kier molecular flexibility index (Phi) is 4.63. The molecule has 5 heteroatoms. The number of anilines is 1. The van der Waals surface area contributed by atoms with Crippen LogP contribution in [0.5, 0.6) is 0 Å². The number of nitrogens with zero attached hydrogens (tertiary/aromatic N) is 3. The minimum atomic E-state index is 0.437. The molecule has 2 fully saturated rings. The third-order valence-corrected chi connectivity index (χ3v) is 6.71. The van der Waals surface area contributed by atoms with Gasteiger partial charge in [0.2, 0.25) is 0 Å². The Morgan fingerprint density at radius 1 is 1.03 bits per heavy atom. The Balaban J connectivity index is 1.43. The van der Waals surface area contributed by atoms with Crippen molar-refractivity contribution in [2.75, 3.05) is 24.7 Å². The number of ether oxygens (including phenoxy) is 1. The van der Waals surface area contributed by atoms with Crippen LogP contribution in [0, 0.1) is 12.3 Å². The number of benzene rings is 1. The van der Waals surface area contributed by atoms with Gasteiger partial charge in [-0.3, -0.25) is 10.1 Å². The van der Waals surface area contributed by atoms with Crippen LogP contribution in [0.15, 0.2) is 48.8 Å². The van der Waals surface area contributed by atoms with E-state index in [2.05, 4.69) is 58.2 Å². The van der Waals surface area contributed by atoms with Gasteiger partial charge in [-0.2, -0.15) is 5.10 Å². The van der Waals surface area contributed by atoms with Crippen molar-refractivity contribution in [1.29, 1.82) is 0 Å². The Labute approximate surface area is 172 Å². The molecule has 4 heterocycles. The molecule has 1 aromatic carbocycles. The van der Waals surface area contributed by atoms with Gasteiger partial charge in [0.1, 0.15) is 5.69 Å². The Morgan fingerprint density at radius 2 is 1.76 bits per heavy atom. The van der Waals surface area contributed by atoms with Crippen molar-refractivity contribution >= 4 is 5.69 Å². The first-order chi connectivity index (χ1) is 14.2. The fraction of sp³-hybridized carbons (Fsp3) is 0.417. The van der Waals surface area contributed by atoms with Crippen LogP contribution in [0.4, 0.5) is 5.69 Å². The number of nitrogens with one attached hydrogen (secondary N) is 1. The number of aromatic nitrogens is 3. The summed E-state index contributed by atoms with van der Waals surface area (Å²) in [6, 6.07) is 13.6. The Morgan fingerprint density at radius 3 is 2.48 bits per heavy atom. The molecule has 0 amide bonds. The van der Waals surface area contributed by atoms with Gasteiger partial charge < -0.3 is 9.64 Å². The van der Waals surface area contributed by atoms with Crippen LogP contribution in [0.1, 0.15) is 31.9 Å². The zero-order chi connectivity index (χ0) is 19.8. The second kappa shape index (κ2) is 7.30. The van der Waals surface area contributed by atoms with E-state index in [1.807, 2.05) is 24.5 Å². The summed E-state index contributed by atoms with van der Waals surface area (Å²) in [5, 5.41) is 7.71. The first-order valence-corrected chi connectivity index (χ1v) is 10.6. The third kappa shape index (κ3) is 3.33. The lowest BCUT2D eigenvalue weighted by Gasteiger charge is -2.33. The van der Waals surface area contributed by atoms with Crippen molar-refractivity contribution < 1.29 is 4.74 Å². The molecule has 5 nitrogen and oxygen atoms in total. The molecule has 2 aliphatic rings. The summed E-state index contributed by atoms with van der Waals surface area (Å²) in [4.78, 5) is 6.71. The number of hydrogen-bond donors (Lipinski definition) is 1. The lowest BCUT2D eigenvalue weighted by Crippen LogP contribution is -2.33. The Hall–Kier alpha value is -2.66. The van der Waals surface area contributed by atoms with Crippen molar-refractivity contribution in [3.63, 3.8) is 0 Å². The summed E-state index contributed by atoms with van der Waals surface area (Å²) >= 11 is 0. The van der Waals surface area contributed by atoms with Crippen LogP contribution in [-0.4, -0.2) is 41.0 Å². The molecule has 0 radical (unpaired) electrons. The summed E-state index contributed by atoms with van der Waals surface area (Å²) in [5.41, 5.74) is 7.26. The molecule has 1 spiro atoms. The molecule has 2 aliphatic heterocycles. The van der Waals surface area contributed by atoms with Crippen molar-refractivity contribution in [3.8, 4) is 22.4 Å². The molecule has 2 aromatic heterocycles. The molecular formula is C24H28N4O. The summed E-state index contributed by atoms with van der Waals surface area (Å²) in [6.07, 6.45) is 7.27. The van der Waals surface area contributed by atoms with Crippen LogP contribution in [0.2, 0.25) is 0 Å². The van der Waals surface area contributed by atoms with E-state index in [0.717, 1.165) is 42.3 Å². The zero-order valence-electron chi connectivity index (χ0n) is 17.2. The quantitative estimate of drug-likeness (QED) is 0.697. The predicted octanol–water partition coefficient (Wildman–Crippen LogP) is 4.84.